The lowest BCUT2D eigenvalue weighted by Crippen LogP contribution is -2.35. The van der Waals surface area contributed by atoms with Crippen LogP contribution >= 0.6 is 0 Å². The van der Waals surface area contributed by atoms with Gasteiger partial charge in [-0.3, -0.25) is 0 Å². The molecule has 0 rings (SSSR count). The summed E-state index contributed by atoms with van der Waals surface area (Å²) in [5, 5.41) is 9.82. The average Bonchev–Trinajstić information content (AvgIpc) is 2.31. The van der Waals surface area contributed by atoms with Crippen LogP contribution in [-0.4, -0.2) is 67.3 Å². The van der Waals surface area contributed by atoms with Crippen LogP contribution in [0.2, 0.25) is 0 Å². The minimum absolute atomic E-state index is 0.353. The second kappa shape index (κ2) is 9.73. The molecule has 4 heteroatoms. The summed E-state index contributed by atoms with van der Waals surface area (Å²) in [4.78, 5) is 4.74. The summed E-state index contributed by atoms with van der Waals surface area (Å²) in [5.41, 5.74) is 4.83. The van der Waals surface area contributed by atoms with Gasteiger partial charge < -0.3 is 20.6 Å². The summed E-state index contributed by atoms with van der Waals surface area (Å²) < 4.78 is 0. The van der Waals surface area contributed by atoms with Crippen molar-refractivity contribution in [3.63, 3.8) is 0 Å². The zero-order valence-corrected chi connectivity index (χ0v) is 12.8. The van der Waals surface area contributed by atoms with Gasteiger partial charge in [0.1, 0.15) is 0 Å². The highest BCUT2D eigenvalue weighted by molar-refractivity contribution is 4.73. The number of hydrogen-bond acceptors (Lipinski definition) is 4. The van der Waals surface area contributed by atoms with Crippen LogP contribution in [0.25, 0.3) is 0 Å². The van der Waals surface area contributed by atoms with E-state index in [-0.39, 0.29) is 0 Å². The first kappa shape index (κ1) is 17.8. The van der Waals surface area contributed by atoms with Crippen LogP contribution in [0.3, 0.4) is 0 Å². The van der Waals surface area contributed by atoms with Gasteiger partial charge >= 0.3 is 0 Å². The Bertz CT molecular complexity index is 195. The minimum Gasteiger partial charge on any atom is -0.389 e. The van der Waals surface area contributed by atoms with Crippen LogP contribution < -0.4 is 5.73 Å². The van der Waals surface area contributed by atoms with E-state index >= 15 is 0 Å². The molecule has 0 saturated carbocycles. The van der Waals surface area contributed by atoms with E-state index in [1.165, 1.54) is 13.0 Å². The summed E-state index contributed by atoms with van der Waals surface area (Å²) in [6.45, 7) is 8.94. The molecule has 110 valence electrons. The maximum Gasteiger partial charge on any atom is 0.0741 e. The molecule has 1 atom stereocenters. The van der Waals surface area contributed by atoms with Crippen LogP contribution in [0, 0.1) is 0 Å². The van der Waals surface area contributed by atoms with Crippen LogP contribution in [0.4, 0.5) is 0 Å². The second-order valence-electron chi connectivity index (χ2n) is 5.80. The Hall–Kier alpha value is -0.160. The van der Waals surface area contributed by atoms with Crippen molar-refractivity contribution in [3.05, 3.63) is 0 Å². The van der Waals surface area contributed by atoms with Crippen molar-refractivity contribution in [1.29, 1.82) is 0 Å². The van der Waals surface area contributed by atoms with Crippen molar-refractivity contribution in [2.45, 2.75) is 45.1 Å². The van der Waals surface area contributed by atoms with Crippen molar-refractivity contribution in [1.82, 2.24) is 9.80 Å². The Morgan fingerprint density at radius 1 is 1.06 bits per heavy atom. The Labute approximate surface area is 113 Å². The first-order chi connectivity index (χ1) is 8.41. The largest absolute Gasteiger partial charge is 0.389 e. The smallest absolute Gasteiger partial charge is 0.0741 e. The van der Waals surface area contributed by atoms with Gasteiger partial charge in [-0.15, -0.1) is 0 Å². The number of nitrogens with zero attached hydrogens (tertiary/aromatic N) is 2. The first-order valence-corrected chi connectivity index (χ1v) is 7.21. The fourth-order valence-corrected chi connectivity index (χ4v) is 1.94. The van der Waals surface area contributed by atoms with Gasteiger partial charge in [0.25, 0.3) is 0 Å². The van der Waals surface area contributed by atoms with Crippen LogP contribution in [0.1, 0.15) is 39.5 Å². The highest BCUT2D eigenvalue weighted by Gasteiger charge is 2.17. The van der Waals surface area contributed by atoms with Gasteiger partial charge in [-0.05, 0) is 59.8 Å². The van der Waals surface area contributed by atoms with E-state index < -0.39 is 5.60 Å². The monoisotopic (exact) mass is 259 g/mol. The minimum atomic E-state index is -0.681. The third kappa shape index (κ3) is 9.83. The van der Waals surface area contributed by atoms with Crippen molar-refractivity contribution in [2.75, 3.05) is 46.8 Å². The average molecular weight is 259 g/mol. The molecular formula is C14H33N3O. The quantitative estimate of drug-likeness (QED) is 0.546. The molecule has 0 aromatic heterocycles. The summed E-state index contributed by atoms with van der Waals surface area (Å²) >= 11 is 0. The molecule has 0 aromatic carbocycles. The third-order valence-corrected chi connectivity index (χ3v) is 3.28. The normalized spacial score (nSPS) is 15.3. The molecule has 0 radical (unpaired) electrons. The molecule has 0 aliphatic rings. The number of hydrogen-bond donors (Lipinski definition) is 2. The Kier molecular flexibility index (Phi) is 9.64. The highest BCUT2D eigenvalue weighted by atomic mass is 16.3. The van der Waals surface area contributed by atoms with E-state index in [9.17, 15) is 5.11 Å². The standard InChI is InChI=1S/C14H33N3O/c1-5-9-17(12-11-16(3)4)10-7-6-8-14(2,18)13-15/h18H,5-13,15H2,1-4H3. The van der Waals surface area contributed by atoms with E-state index in [1.54, 1.807) is 0 Å². The lowest BCUT2D eigenvalue weighted by Gasteiger charge is -2.25. The predicted molar refractivity (Wildman–Crippen MR) is 78.8 cm³/mol. The first-order valence-electron chi connectivity index (χ1n) is 7.21. The third-order valence-electron chi connectivity index (χ3n) is 3.28. The van der Waals surface area contributed by atoms with E-state index in [1.807, 2.05) is 6.92 Å². The van der Waals surface area contributed by atoms with Crippen molar-refractivity contribution in [2.24, 2.45) is 5.73 Å². The van der Waals surface area contributed by atoms with Crippen LogP contribution in [0.5, 0.6) is 0 Å². The van der Waals surface area contributed by atoms with Gasteiger partial charge in [0.2, 0.25) is 0 Å². The molecule has 0 aliphatic carbocycles. The lowest BCUT2D eigenvalue weighted by molar-refractivity contribution is 0.0563. The molecular weight excluding hydrogens is 226 g/mol. The molecule has 3 N–H and O–H groups in total. The summed E-state index contributed by atoms with van der Waals surface area (Å²) in [5.74, 6) is 0. The van der Waals surface area contributed by atoms with Gasteiger partial charge in [0.15, 0.2) is 0 Å². The molecule has 4 nitrogen and oxygen atoms in total. The van der Waals surface area contributed by atoms with Gasteiger partial charge in [-0.25, -0.2) is 0 Å². The number of rotatable bonds is 11. The van der Waals surface area contributed by atoms with Gasteiger partial charge in [-0.1, -0.05) is 6.92 Å². The Morgan fingerprint density at radius 2 is 1.72 bits per heavy atom. The fourth-order valence-electron chi connectivity index (χ4n) is 1.94. The number of unbranched alkanes of at least 4 members (excludes halogenated alkanes) is 1. The number of likely N-dealkylation sites (N-methyl/N-ethyl adjacent to an activating group) is 1. The number of nitrogens with two attached hydrogens (primary N) is 1. The summed E-state index contributed by atoms with van der Waals surface area (Å²) in [7, 11) is 4.23. The number of aliphatic hydroxyl groups is 1. The topological polar surface area (TPSA) is 52.7 Å². The molecule has 0 bridgehead atoms. The van der Waals surface area contributed by atoms with Gasteiger partial charge in [0.05, 0.1) is 5.60 Å². The Morgan fingerprint density at radius 3 is 2.22 bits per heavy atom. The van der Waals surface area contributed by atoms with Gasteiger partial charge in [-0.2, -0.15) is 0 Å². The van der Waals surface area contributed by atoms with Crippen molar-refractivity contribution >= 4 is 0 Å². The van der Waals surface area contributed by atoms with Crippen LogP contribution in [0.15, 0.2) is 0 Å². The second-order valence-corrected chi connectivity index (χ2v) is 5.80. The highest BCUT2D eigenvalue weighted by Crippen LogP contribution is 2.12. The zero-order valence-electron chi connectivity index (χ0n) is 12.8. The Balaban J connectivity index is 3.76. The van der Waals surface area contributed by atoms with E-state index in [4.69, 9.17) is 5.73 Å². The molecule has 0 saturated heterocycles. The zero-order chi connectivity index (χ0) is 14.0. The molecule has 0 heterocycles. The molecule has 0 aromatic rings. The molecule has 0 aliphatic heterocycles. The molecule has 0 amide bonds. The van der Waals surface area contributed by atoms with Crippen molar-refractivity contribution < 1.29 is 5.11 Å². The molecule has 0 spiro atoms. The summed E-state index contributed by atoms with van der Waals surface area (Å²) in [6, 6.07) is 0. The van der Waals surface area contributed by atoms with E-state index in [0.29, 0.717) is 6.54 Å². The van der Waals surface area contributed by atoms with Gasteiger partial charge in [0, 0.05) is 19.6 Å². The van der Waals surface area contributed by atoms with Crippen molar-refractivity contribution in [3.8, 4) is 0 Å². The summed E-state index contributed by atoms with van der Waals surface area (Å²) in [6.07, 6.45) is 4.20. The maximum atomic E-state index is 9.82. The molecule has 18 heavy (non-hydrogen) atoms. The predicted octanol–water partition coefficient (Wildman–Crippen LogP) is 1.14. The van der Waals surface area contributed by atoms with E-state index in [2.05, 4.69) is 30.8 Å². The molecule has 0 fully saturated rings. The van der Waals surface area contributed by atoms with E-state index in [0.717, 1.165) is 38.9 Å². The fraction of sp³-hybridized carbons (Fsp3) is 1.00. The maximum absolute atomic E-state index is 9.82. The molecule has 1 unspecified atom stereocenters. The van der Waals surface area contributed by atoms with Crippen LogP contribution in [-0.2, 0) is 0 Å². The lowest BCUT2D eigenvalue weighted by atomic mass is 9.99. The SMILES string of the molecule is CCCN(CCCCC(C)(O)CN)CCN(C)C.